The molecule has 0 bridgehead atoms. The Balaban J connectivity index is 0.000000710. The maximum absolute atomic E-state index is 13.6. The number of Topliss-reactive ketones (excluding diaryl/α,β-unsaturated/α-hetero) is 2. The molecule has 0 aromatic heterocycles. The summed E-state index contributed by atoms with van der Waals surface area (Å²) in [5.74, 6) is -4.78. The van der Waals surface area contributed by atoms with Crippen molar-refractivity contribution in [1.82, 2.24) is 10.2 Å². The minimum atomic E-state index is -5.89. The normalized spacial score (nSPS) is 15.8. The molecule has 15 nitrogen and oxygen atoms in total. The number of fused-ring (bicyclic) bond motifs is 6. The summed E-state index contributed by atoms with van der Waals surface area (Å²) in [6, 6.07) is 7.59. The number of nitrogens with one attached hydrogen (secondary N) is 2. The van der Waals surface area contributed by atoms with E-state index in [1.807, 2.05) is 0 Å². The Morgan fingerprint density at radius 1 is 0.800 bits per heavy atom. The van der Waals surface area contributed by atoms with Crippen molar-refractivity contribution < 1.29 is 86.5 Å². The van der Waals surface area contributed by atoms with Crippen LogP contribution in [0.5, 0.6) is 11.5 Å². The van der Waals surface area contributed by atoms with Crippen molar-refractivity contribution in [3.63, 3.8) is 0 Å². The van der Waals surface area contributed by atoms with E-state index >= 15 is 0 Å². The molecular weight excluding hydrogens is 1160 g/mol. The predicted molar refractivity (Wildman–Crippen MR) is 252 cm³/mol. The predicted octanol–water partition coefficient (Wildman–Crippen LogP) is 9.53. The van der Waals surface area contributed by atoms with E-state index in [1.54, 1.807) is 18.8 Å². The van der Waals surface area contributed by atoms with Crippen molar-refractivity contribution in [1.29, 1.82) is 0 Å². The van der Waals surface area contributed by atoms with Gasteiger partial charge in [-0.15, -0.1) is 0 Å². The Labute approximate surface area is 425 Å². The fourth-order valence-corrected chi connectivity index (χ4v) is 9.84. The zero-order valence-corrected chi connectivity index (χ0v) is 45.0. The second kappa shape index (κ2) is 27.9. The summed E-state index contributed by atoms with van der Waals surface area (Å²) in [6.07, 6.45) is 1.08. The van der Waals surface area contributed by atoms with Crippen LogP contribution in [0.3, 0.4) is 0 Å². The molecule has 2 N–H and O–H groups in total. The van der Waals surface area contributed by atoms with E-state index in [2.05, 4.69) is 63.2 Å². The molecule has 3 aliphatic rings. The number of hydrogen-bond donors (Lipinski definition) is 1. The van der Waals surface area contributed by atoms with E-state index in [9.17, 15) is 58.3 Å². The molecular formula is C48H62ClF3N3O12PtS2-4. The van der Waals surface area contributed by atoms with Gasteiger partial charge in [0.15, 0.2) is 17.1 Å². The molecule has 1 fully saturated rings. The number of alkyl halides is 3. The SMILES string of the molecule is CC(=O)Cc1ccc2c(c1S(=O)(=O)[O-])Oc1c(ccc(CC(=O)C(F)(F)F)c1S(=O)(=O)[O-])C21OC(=O)c2cc(C(=O)N3CCNCC3)ccc21.CCC(CC)CC.CCC(CC)CC.[CH2-]CC[NH-].[Cl][Pt]. The van der Waals surface area contributed by atoms with Crippen LogP contribution >= 0.6 is 9.42 Å². The van der Waals surface area contributed by atoms with Crippen molar-refractivity contribution in [2.24, 2.45) is 11.8 Å². The van der Waals surface area contributed by atoms with Crippen LogP contribution in [0.15, 0.2) is 52.3 Å². The molecule has 1 amide bonds. The number of rotatable bonds is 14. The van der Waals surface area contributed by atoms with Crippen molar-refractivity contribution in [3.05, 3.63) is 94.1 Å². The van der Waals surface area contributed by atoms with E-state index in [4.69, 9.17) is 15.2 Å². The third kappa shape index (κ3) is 15.4. The third-order valence-corrected chi connectivity index (χ3v) is 14.0. The first-order valence-corrected chi connectivity index (χ1v) is 28.4. The van der Waals surface area contributed by atoms with Gasteiger partial charge in [-0.2, -0.15) is 19.7 Å². The second-order valence-electron chi connectivity index (χ2n) is 16.5. The van der Waals surface area contributed by atoms with Gasteiger partial charge in [0.1, 0.15) is 35.8 Å². The molecule has 1 spiro atoms. The Morgan fingerprint density at radius 2 is 1.21 bits per heavy atom. The molecule has 3 aliphatic heterocycles. The second-order valence-corrected chi connectivity index (χ2v) is 19.1. The number of piperazine rings is 1. The van der Waals surface area contributed by atoms with Gasteiger partial charge in [-0.25, -0.2) is 28.1 Å². The van der Waals surface area contributed by atoms with Gasteiger partial charge < -0.3 is 41.5 Å². The molecule has 1 unspecified atom stereocenters. The van der Waals surface area contributed by atoms with E-state index in [-0.39, 0.29) is 16.7 Å². The van der Waals surface area contributed by atoms with Crippen molar-refractivity contribution in [2.75, 3.05) is 32.7 Å². The van der Waals surface area contributed by atoms with Crippen LogP contribution in [0.1, 0.15) is 142 Å². The van der Waals surface area contributed by atoms with E-state index in [1.165, 1.54) is 61.6 Å². The van der Waals surface area contributed by atoms with Crippen LogP contribution < -0.4 is 10.1 Å². The summed E-state index contributed by atoms with van der Waals surface area (Å²) in [5.41, 5.74) is 1.27. The van der Waals surface area contributed by atoms with Crippen molar-refractivity contribution in [2.45, 2.75) is 128 Å². The molecule has 0 saturated carbocycles. The first-order chi connectivity index (χ1) is 32.9. The monoisotopic (exact) mass is 1220 g/mol. The van der Waals surface area contributed by atoms with Gasteiger partial charge in [0.2, 0.25) is 5.78 Å². The third-order valence-electron chi connectivity index (χ3n) is 12.1. The Hall–Kier alpha value is -3.75. The molecule has 0 radical (unpaired) electrons. The summed E-state index contributed by atoms with van der Waals surface area (Å²) in [4.78, 5) is 49.7. The fraction of sp³-hybridized carbons (Fsp3) is 0.521. The molecule has 70 heavy (non-hydrogen) atoms. The van der Waals surface area contributed by atoms with Gasteiger partial charge in [0, 0.05) is 61.3 Å². The van der Waals surface area contributed by atoms with Crippen LogP contribution in [0.25, 0.3) is 5.73 Å². The van der Waals surface area contributed by atoms with Gasteiger partial charge >= 0.3 is 40.3 Å². The zero-order chi connectivity index (χ0) is 53.4. The zero-order valence-electron chi connectivity index (χ0n) is 40.3. The first-order valence-electron chi connectivity index (χ1n) is 22.8. The molecule has 3 aromatic carbocycles. The molecule has 3 aromatic rings. The maximum atomic E-state index is 13.6. The van der Waals surface area contributed by atoms with E-state index in [0.717, 1.165) is 43.4 Å². The Bertz CT molecular complexity index is 2490. The number of esters is 1. The molecule has 1 saturated heterocycles. The molecule has 1 atom stereocenters. The number of nitrogens with zero attached hydrogens (tertiary/aromatic N) is 1. The van der Waals surface area contributed by atoms with Gasteiger partial charge in [-0.1, -0.05) is 110 Å². The van der Waals surface area contributed by atoms with Crippen molar-refractivity contribution >= 4 is 53.1 Å². The number of carbonyl (C=O) groups excluding carboxylic acids is 4. The number of ether oxygens (including phenoxy) is 2. The summed E-state index contributed by atoms with van der Waals surface area (Å²) in [6.45, 7) is 20.2. The fourth-order valence-electron chi connectivity index (χ4n) is 8.16. The summed E-state index contributed by atoms with van der Waals surface area (Å²) < 4.78 is 128. The first kappa shape index (κ1) is 62.4. The summed E-state index contributed by atoms with van der Waals surface area (Å²) >= 11 is 1.61. The average molecular weight is 1220 g/mol. The Kier molecular flexibility index (Phi) is 24.9. The summed E-state index contributed by atoms with van der Waals surface area (Å²) in [5, 5.41) is 3.09. The quantitative estimate of drug-likeness (QED) is 0.0900. The van der Waals surface area contributed by atoms with Gasteiger partial charge in [-0.05, 0) is 42.0 Å². The van der Waals surface area contributed by atoms with Gasteiger partial charge in [0.05, 0.1) is 5.56 Å². The number of amides is 1. The molecule has 22 heteroatoms. The van der Waals surface area contributed by atoms with Crippen LogP contribution in [-0.2, 0) is 71.8 Å². The van der Waals surface area contributed by atoms with Crippen LogP contribution in [-0.4, -0.2) is 93.2 Å². The molecule has 0 aliphatic carbocycles. The Morgan fingerprint density at radius 3 is 1.57 bits per heavy atom. The minimum absolute atomic E-state index is 0.0376. The molecule has 6 rings (SSSR count). The van der Waals surface area contributed by atoms with Crippen LogP contribution in [0.2, 0.25) is 0 Å². The van der Waals surface area contributed by atoms with E-state index < -0.39 is 112 Å². The number of hydrogen-bond acceptors (Lipinski definition) is 13. The van der Waals surface area contributed by atoms with Crippen LogP contribution in [0.4, 0.5) is 13.2 Å². The topological polar surface area (TPSA) is 240 Å². The summed E-state index contributed by atoms with van der Waals surface area (Å²) in [7, 11) is -6.92. The van der Waals surface area contributed by atoms with Gasteiger partial charge in [-0.3, -0.25) is 14.4 Å². The van der Waals surface area contributed by atoms with Gasteiger partial charge in [0.25, 0.3) is 5.91 Å². The number of ketones is 2. The number of halogens is 4. The average Bonchev–Trinajstić information content (AvgIpc) is 3.60. The standard InChI is InChI=1S/C31H25F3N2O12S2.2C7H16.C3H7N.ClH.Pt/c1-15(37)12-16-2-6-21-24(26(16)49(41,42)43)47-25-22(7-3-17(27(25)50(44,45)46)14-23(38)31(32,33)34)30(21)20-5-4-18(13-19(20)29(40)48-30)28(39)36-10-8-35-9-11-36;2*1-4-7(5-2)6-3;1-2-3-4;;/h2-7,13,35H,8-12,14H2,1H3,(H,41,42,43)(H,44,45,46);2*7H,4-6H2,1-3H3;4H,1-3H2;1H;/q;;;-2;;+1/p-3. The van der Waals surface area contributed by atoms with Crippen molar-refractivity contribution in [3.8, 4) is 11.5 Å². The van der Waals surface area contributed by atoms with E-state index in [0.29, 0.717) is 38.8 Å². The number of benzene rings is 3. The number of carbonyl (C=O) groups is 4. The molecule has 395 valence electrons. The molecule has 3 heterocycles. The van der Waals surface area contributed by atoms with Crippen LogP contribution in [0, 0.1) is 18.8 Å².